The van der Waals surface area contributed by atoms with Crippen molar-refractivity contribution in [2.24, 2.45) is 0 Å². The number of nitrogens with one attached hydrogen (secondary N) is 1. The van der Waals surface area contributed by atoms with Gasteiger partial charge in [0.05, 0.1) is 0 Å². The summed E-state index contributed by atoms with van der Waals surface area (Å²) in [7, 11) is 0. The van der Waals surface area contributed by atoms with Crippen LogP contribution in [0.3, 0.4) is 0 Å². The van der Waals surface area contributed by atoms with Gasteiger partial charge in [-0.25, -0.2) is 0 Å². The second kappa shape index (κ2) is 2.58. The summed E-state index contributed by atoms with van der Waals surface area (Å²) < 4.78 is 0. The van der Waals surface area contributed by atoms with Gasteiger partial charge in [-0.15, -0.1) is 0 Å². The van der Waals surface area contributed by atoms with E-state index in [0.717, 1.165) is 0 Å². The predicted octanol–water partition coefficient (Wildman–Crippen LogP) is 0.00439. The van der Waals surface area contributed by atoms with Crippen molar-refractivity contribution in [3.63, 3.8) is 0 Å². The van der Waals surface area contributed by atoms with Crippen LogP contribution in [0.5, 0.6) is 0 Å². The van der Waals surface area contributed by atoms with Gasteiger partial charge < -0.3 is 10.4 Å². The molecular weight excluding hydrogens is 94.0 g/mol. The van der Waals surface area contributed by atoms with Crippen LogP contribution in [-0.4, -0.2) is 11.0 Å². The zero-order chi connectivity index (χ0) is 5.86. The molecule has 0 aliphatic carbocycles. The maximum atomic E-state index is 9.96. The number of hydrogen-bond acceptors (Lipinski definition) is 2. The zero-order valence-electron chi connectivity index (χ0n) is 4.36. The first kappa shape index (κ1) is 6.43. The minimum absolute atomic E-state index is 0.0625. The summed E-state index contributed by atoms with van der Waals surface area (Å²) in [6.07, 6.45) is -0.0625. The molecule has 0 aromatic carbocycles. The third-order valence-corrected chi connectivity index (χ3v) is 0.357. The summed E-state index contributed by atoms with van der Waals surface area (Å²) >= 11 is 0. The number of hydrogen-bond donors (Lipinski definition) is 2. The average Bonchev–Trinajstić information content (AvgIpc) is 1.27. The van der Waals surface area contributed by atoms with Crippen LogP contribution in [0, 0.1) is 6.23 Å². The van der Waals surface area contributed by atoms with Crippen molar-refractivity contribution in [3.05, 3.63) is 6.23 Å². The van der Waals surface area contributed by atoms with Crippen LogP contribution in [0.25, 0.3) is 0 Å². The van der Waals surface area contributed by atoms with Crippen LogP contribution in [-0.2, 0) is 4.79 Å². The highest BCUT2D eigenvalue weighted by molar-refractivity contribution is 5.73. The summed E-state index contributed by atoms with van der Waals surface area (Å²) in [5.41, 5.74) is 0. The molecule has 3 nitrogen and oxygen atoms in total. The van der Waals surface area contributed by atoms with Gasteiger partial charge in [-0.05, 0) is 6.92 Å². The third kappa shape index (κ3) is 5.43. The van der Waals surface area contributed by atoms with Crippen molar-refractivity contribution in [1.29, 1.82) is 0 Å². The predicted molar refractivity (Wildman–Crippen MR) is 24.7 cm³/mol. The second-order valence-corrected chi connectivity index (χ2v) is 1.27. The molecule has 0 spiro atoms. The number of carbonyl (C=O) groups is 1. The molecule has 0 aromatic heterocycles. The summed E-state index contributed by atoms with van der Waals surface area (Å²) in [5, 5.41) is 10.4. The van der Waals surface area contributed by atoms with Crippen LogP contribution in [0.15, 0.2) is 0 Å². The van der Waals surface area contributed by atoms with Gasteiger partial charge in [0.25, 0.3) is 0 Å². The van der Waals surface area contributed by atoms with E-state index in [-0.39, 0.29) is 12.1 Å². The van der Waals surface area contributed by atoms with Gasteiger partial charge in [-0.1, -0.05) is 0 Å². The summed E-state index contributed by atoms with van der Waals surface area (Å²) in [5.74, 6) is -0.250. The Morgan fingerprint density at radius 3 is 2.00 bits per heavy atom. The molecule has 0 aromatic rings. The molecule has 0 atom stereocenters. The Morgan fingerprint density at radius 1 is 1.57 bits per heavy atom. The summed E-state index contributed by atoms with van der Waals surface area (Å²) in [4.78, 5) is 9.96. The van der Waals surface area contributed by atoms with E-state index in [9.17, 15) is 4.79 Å². The molecule has 0 aliphatic heterocycles. The van der Waals surface area contributed by atoms with Gasteiger partial charge in [0.2, 0.25) is 5.91 Å². The Hall–Kier alpha value is -0.570. The molecule has 0 saturated heterocycles. The Bertz CT molecular complexity index is 70.1. The SMILES string of the molecule is C[C](O)NC(C)=O. The smallest absolute Gasteiger partial charge is 0.219 e. The molecule has 0 bridgehead atoms. The standard InChI is InChI=1S/C4H8NO2/c1-3(6)5-4(2)7/h6H,1-2H3,(H,5,7). The quantitative estimate of drug-likeness (QED) is 0.489. The van der Waals surface area contributed by atoms with Crippen LogP contribution < -0.4 is 5.32 Å². The van der Waals surface area contributed by atoms with Crippen LogP contribution in [0.4, 0.5) is 0 Å². The van der Waals surface area contributed by atoms with Crippen LogP contribution in [0.1, 0.15) is 13.8 Å². The topological polar surface area (TPSA) is 49.3 Å². The summed E-state index contributed by atoms with van der Waals surface area (Å²) in [6.45, 7) is 2.74. The fourth-order valence-electron chi connectivity index (χ4n) is 0.255. The van der Waals surface area contributed by atoms with E-state index in [2.05, 4.69) is 5.32 Å². The van der Waals surface area contributed by atoms with Crippen molar-refractivity contribution in [3.8, 4) is 0 Å². The van der Waals surface area contributed by atoms with Gasteiger partial charge >= 0.3 is 0 Å². The number of rotatable bonds is 1. The fraction of sp³-hybridized carbons (Fsp3) is 0.500. The Morgan fingerprint density at radius 2 is 2.00 bits per heavy atom. The highest BCUT2D eigenvalue weighted by Gasteiger charge is 1.94. The first-order valence-electron chi connectivity index (χ1n) is 1.93. The van der Waals surface area contributed by atoms with E-state index in [1.807, 2.05) is 0 Å². The van der Waals surface area contributed by atoms with E-state index >= 15 is 0 Å². The molecule has 3 heteroatoms. The highest BCUT2D eigenvalue weighted by atomic mass is 16.3. The van der Waals surface area contributed by atoms with Crippen molar-refractivity contribution < 1.29 is 9.90 Å². The van der Waals surface area contributed by atoms with Crippen molar-refractivity contribution in [1.82, 2.24) is 5.32 Å². The Labute approximate surface area is 42.3 Å². The molecule has 0 rings (SSSR count). The minimum Gasteiger partial charge on any atom is -0.367 e. The van der Waals surface area contributed by atoms with Crippen molar-refractivity contribution in [2.75, 3.05) is 0 Å². The second-order valence-electron chi connectivity index (χ2n) is 1.27. The number of aliphatic hydroxyl groups is 1. The number of amides is 1. The highest BCUT2D eigenvalue weighted by Crippen LogP contribution is 1.78. The van der Waals surface area contributed by atoms with Gasteiger partial charge in [0.1, 0.15) is 0 Å². The molecule has 0 heterocycles. The molecule has 2 N–H and O–H groups in total. The zero-order valence-corrected chi connectivity index (χ0v) is 4.36. The number of carbonyl (C=O) groups excluding carboxylic acids is 1. The molecule has 41 valence electrons. The lowest BCUT2D eigenvalue weighted by Crippen LogP contribution is -2.22. The third-order valence-electron chi connectivity index (χ3n) is 0.357. The molecule has 7 heavy (non-hydrogen) atoms. The van der Waals surface area contributed by atoms with E-state index in [0.29, 0.717) is 0 Å². The first-order chi connectivity index (χ1) is 3.13. The first-order valence-corrected chi connectivity index (χ1v) is 1.93. The lowest BCUT2D eigenvalue weighted by atomic mass is 10.6. The van der Waals surface area contributed by atoms with Gasteiger partial charge in [-0.2, -0.15) is 0 Å². The van der Waals surface area contributed by atoms with Crippen LogP contribution >= 0.6 is 0 Å². The normalized spacial score (nSPS) is 9.14. The van der Waals surface area contributed by atoms with Crippen molar-refractivity contribution in [2.45, 2.75) is 13.8 Å². The average molecular weight is 102 g/mol. The van der Waals surface area contributed by atoms with E-state index < -0.39 is 0 Å². The monoisotopic (exact) mass is 102 g/mol. The van der Waals surface area contributed by atoms with E-state index in [1.54, 1.807) is 0 Å². The largest absolute Gasteiger partial charge is 0.367 e. The summed E-state index contributed by atoms with van der Waals surface area (Å²) in [6, 6.07) is 0. The van der Waals surface area contributed by atoms with E-state index in [4.69, 9.17) is 5.11 Å². The van der Waals surface area contributed by atoms with Crippen molar-refractivity contribution >= 4 is 5.91 Å². The molecule has 1 radical (unpaired) electrons. The fourth-order valence-corrected chi connectivity index (χ4v) is 0.255. The molecule has 0 unspecified atom stereocenters. The number of aliphatic hydroxyl groups excluding tert-OH is 1. The minimum atomic E-state index is -0.250. The molecule has 0 saturated carbocycles. The molecule has 0 fully saturated rings. The Kier molecular flexibility index (Phi) is 2.37. The molecule has 1 amide bonds. The maximum absolute atomic E-state index is 9.96. The van der Waals surface area contributed by atoms with Gasteiger partial charge in [0.15, 0.2) is 6.23 Å². The maximum Gasteiger partial charge on any atom is 0.219 e. The van der Waals surface area contributed by atoms with E-state index in [1.165, 1.54) is 13.8 Å². The lowest BCUT2D eigenvalue weighted by Gasteiger charge is -1.99. The van der Waals surface area contributed by atoms with Gasteiger partial charge in [0, 0.05) is 6.92 Å². The lowest BCUT2D eigenvalue weighted by molar-refractivity contribution is -0.119. The van der Waals surface area contributed by atoms with Crippen LogP contribution in [0.2, 0.25) is 0 Å². The van der Waals surface area contributed by atoms with Gasteiger partial charge in [-0.3, -0.25) is 4.79 Å². The Balaban J connectivity index is 3.13. The molecular formula is C4H8NO2. The molecule has 0 aliphatic rings.